The van der Waals surface area contributed by atoms with Crippen molar-refractivity contribution in [2.75, 3.05) is 7.11 Å². The molecule has 0 amide bonds. The van der Waals surface area contributed by atoms with E-state index in [0.29, 0.717) is 6.42 Å². The fraction of sp³-hybridized carbons (Fsp3) is 0.615. The summed E-state index contributed by atoms with van der Waals surface area (Å²) in [6, 6.07) is 0. The van der Waals surface area contributed by atoms with Crippen LogP contribution >= 0.6 is 0 Å². The lowest BCUT2D eigenvalue weighted by Crippen LogP contribution is -1.97. The number of rotatable bonds is 8. The lowest BCUT2D eigenvalue weighted by Gasteiger charge is -1.93. The van der Waals surface area contributed by atoms with E-state index in [0.717, 1.165) is 19.3 Å². The van der Waals surface area contributed by atoms with Crippen LogP contribution in [0.5, 0.6) is 0 Å². The maximum Gasteiger partial charge on any atom is 0.305 e. The van der Waals surface area contributed by atoms with Crippen molar-refractivity contribution in [2.24, 2.45) is 0 Å². The minimum atomic E-state index is -0.137. The molecule has 2 nitrogen and oxygen atoms in total. The largest absolute Gasteiger partial charge is 0.469 e. The molecule has 0 rings (SSSR count). The summed E-state index contributed by atoms with van der Waals surface area (Å²) in [4.78, 5) is 10.8. The molecule has 0 fully saturated rings. The van der Waals surface area contributed by atoms with E-state index in [1.54, 1.807) is 0 Å². The smallest absolute Gasteiger partial charge is 0.305 e. The van der Waals surface area contributed by atoms with Gasteiger partial charge in [0.1, 0.15) is 0 Å². The number of hydrogen-bond acceptors (Lipinski definition) is 2. The summed E-state index contributed by atoms with van der Waals surface area (Å²) in [6.45, 7) is 2.18. The van der Waals surface area contributed by atoms with Crippen LogP contribution in [0, 0.1) is 0 Å². The van der Waals surface area contributed by atoms with Crippen LogP contribution in [0.15, 0.2) is 24.3 Å². The number of methoxy groups -OCH3 is 1. The summed E-state index contributed by atoms with van der Waals surface area (Å²) in [6.07, 6.45) is 14.4. The van der Waals surface area contributed by atoms with Gasteiger partial charge in [0.25, 0.3) is 0 Å². The highest BCUT2D eigenvalue weighted by atomic mass is 16.5. The van der Waals surface area contributed by atoms with Gasteiger partial charge >= 0.3 is 5.97 Å². The second-order valence-corrected chi connectivity index (χ2v) is 3.42. The summed E-state index contributed by atoms with van der Waals surface area (Å²) in [7, 11) is 1.42. The first-order chi connectivity index (χ1) is 7.31. The molecule has 15 heavy (non-hydrogen) atoms. The fourth-order valence-electron chi connectivity index (χ4n) is 1.13. The predicted octanol–water partition coefficient (Wildman–Crippen LogP) is 3.63. The molecule has 0 aromatic rings. The molecule has 0 aromatic carbocycles. The molecule has 0 aliphatic rings. The molecule has 0 aromatic heterocycles. The van der Waals surface area contributed by atoms with Gasteiger partial charge in [0.2, 0.25) is 0 Å². The Labute approximate surface area is 93.0 Å². The van der Waals surface area contributed by atoms with Gasteiger partial charge in [-0.05, 0) is 25.7 Å². The Morgan fingerprint density at radius 1 is 1.00 bits per heavy atom. The second kappa shape index (κ2) is 11.0. The Bertz CT molecular complexity index is 205. The van der Waals surface area contributed by atoms with Crippen molar-refractivity contribution in [1.29, 1.82) is 0 Å². The molecule has 0 aliphatic carbocycles. The van der Waals surface area contributed by atoms with E-state index < -0.39 is 0 Å². The third kappa shape index (κ3) is 10.9. The van der Waals surface area contributed by atoms with Crippen LogP contribution in [-0.2, 0) is 9.53 Å². The zero-order chi connectivity index (χ0) is 11.4. The highest BCUT2D eigenvalue weighted by molar-refractivity contribution is 5.69. The van der Waals surface area contributed by atoms with Gasteiger partial charge in [-0.3, -0.25) is 4.79 Å². The van der Waals surface area contributed by atoms with Crippen molar-refractivity contribution in [3.8, 4) is 0 Å². The van der Waals surface area contributed by atoms with Crippen molar-refractivity contribution < 1.29 is 9.53 Å². The Hall–Kier alpha value is -1.05. The lowest BCUT2D eigenvalue weighted by molar-refractivity contribution is -0.140. The SMILES string of the molecule is CCCC=CCCC=CCCC(=O)OC. The molecule has 0 unspecified atom stereocenters. The van der Waals surface area contributed by atoms with Crippen LogP contribution in [0.25, 0.3) is 0 Å². The van der Waals surface area contributed by atoms with Crippen LogP contribution in [-0.4, -0.2) is 13.1 Å². The maximum atomic E-state index is 10.8. The van der Waals surface area contributed by atoms with Gasteiger partial charge < -0.3 is 4.74 Å². The molecule has 0 saturated carbocycles. The molecule has 86 valence electrons. The molecule has 2 heteroatoms. The quantitative estimate of drug-likeness (QED) is 0.347. The van der Waals surface area contributed by atoms with Crippen LogP contribution in [0.2, 0.25) is 0 Å². The van der Waals surface area contributed by atoms with Crippen molar-refractivity contribution in [2.45, 2.75) is 45.4 Å². The first-order valence-corrected chi connectivity index (χ1v) is 5.68. The maximum absolute atomic E-state index is 10.8. The molecule has 0 spiro atoms. The van der Waals surface area contributed by atoms with Crippen molar-refractivity contribution in [3.63, 3.8) is 0 Å². The Morgan fingerprint density at radius 2 is 1.53 bits per heavy atom. The van der Waals surface area contributed by atoms with E-state index in [4.69, 9.17) is 0 Å². The second-order valence-electron chi connectivity index (χ2n) is 3.42. The van der Waals surface area contributed by atoms with Gasteiger partial charge in [0, 0.05) is 6.42 Å². The van der Waals surface area contributed by atoms with E-state index in [1.807, 2.05) is 6.08 Å². The predicted molar refractivity (Wildman–Crippen MR) is 63.7 cm³/mol. The highest BCUT2D eigenvalue weighted by Gasteiger charge is 1.94. The molecule has 0 heterocycles. The molecule has 0 bridgehead atoms. The van der Waals surface area contributed by atoms with Gasteiger partial charge in [-0.15, -0.1) is 0 Å². The topological polar surface area (TPSA) is 26.3 Å². The van der Waals surface area contributed by atoms with Crippen molar-refractivity contribution in [3.05, 3.63) is 24.3 Å². The molecule has 0 saturated heterocycles. The number of ether oxygens (including phenoxy) is 1. The zero-order valence-corrected chi connectivity index (χ0v) is 9.87. The summed E-state index contributed by atoms with van der Waals surface area (Å²) < 4.78 is 4.54. The number of allylic oxidation sites excluding steroid dienone is 4. The van der Waals surface area contributed by atoms with Crippen LogP contribution in [0.1, 0.15) is 45.4 Å². The summed E-state index contributed by atoms with van der Waals surface area (Å²) in [5.41, 5.74) is 0. The van der Waals surface area contributed by atoms with Crippen LogP contribution < -0.4 is 0 Å². The van der Waals surface area contributed by atoms with Crippen molar-refractivity contribution >= 4 is 5.97 Å². The number of carbonyl (C=O) groups excluding carboxylic acids is 1. The van der Waals surface area contributed by atoms with E-state index in [1.165, 1.54) is 20.0 Å². The fourth-order valence-corrected chi connectivity index (χ4v) is 1.13. The lowest BCUT2D eigenvalue weighted by atomic mass is 10.2. The van der Waals surface area contributed by atoms with Gasteiger partial charge in [-0.2, -0.15) is 0 Å². The van der Waals surface area contributed by atoms with E-state index in [2.05, 4.69) is 29.9 Å². The first kappa shape index (κ1) is 13.9. The Morgan fingerprint density at radius 3 is 2.07 bits per heavy atom. The average Bonchev–Trinajstić information content (AvgIpc) is 2.26. The number of esters is 1. The monoisotopic (exact) mass is 210 g/mol. The summed E-state index contributed by atoms with van der Waals surface area (Å²) >= 11 is 0. The standard InChI is InChI=1S/C13H22O2/c1-3-4-5-6-7-8-9-10-11-12-13(14)15-2/h5-6,9-10H,3-4,7-8,11-12H2,1-2H3. The average molecular weight is 210 g/mol. The van der Waals surface area contributed by atoms with Crippen LogP contribution in [0.3, 0.4) is 0 Å². The normalized spacial score (nSPS) is 11.3. The number of hydrogen-bond donors (Lipinski definition) is 0. The molecule has 0 atom stereocenters. The van der Waals surface area contributed by atoms with Gasteiger partial charge in [-0.1, -0.05) is 37.6 Å². The van der Waals surface area contributed by atoms with E-state index in [-0.39, 0.29) is 5.97 Å². The highest BCUT2D eigenvalue weighted by Crippen LogP contribution is 1.99. The van der Waals surface area contributed by atoms with E-state index in [9.17, 15) is 4.79 Å². The zero-order valence-electron chi connectivity index (χ0n) is 9.87. The molecular formula is C13H22O2. The van der Waals surface area contributed by atoms with Gasteiger partial charge in [0.15, 0.2) is 0 Å². The molecular weight excluding hydrogens is 188 g/mol. The third-order valence-corrected chi connectivity index (χ3v) is 2.03. The molecule has 0 radical (unpaired) electrons. The number of unbranched alkanes of at least 4 members (excludes halogenated alkanes) is 2. The minimum Gasteiger partial charge on any atom is -0.469 e. The van der Waals surface area contributed by atoms with Gasteiger partial charge in [0.05, 0.1) is 7.11 Å². The van der Waals surface area contributed by atoms with E-state index >= 15 is 0 Å². The molecule has 0 N–H and O–H groups in total. The summed E-state index contributed by atoms with van der Waals surface area (Å²) in [5, 5.41) is 0. The molecule has 0 aliphatic heterocycles. The Balaban J connectivity index is 3.28. The van der Waals surface area contributed by atoms with Crippen LogP contribution in [0.4, 0.5) is 0 Å². The minimum absolute atomic E-state index is 0.137. The Kier molecular flexibility index (Phi) is 10.3. The van der Waals surface area contributed by atoms with Gasteiger partial charge in [-0.25, -0.2) is 0 Å². The number of carbonyl (C=O) groups is 1. The third-order valence-electron chi connectivity index (χ3n) is 2.03. The summed E-state index contributed by atoms with van der Waals surface area (Å²) in [5.74, 6) is -0.137. The van der Waals surface area contributed by atoms with Crippen molar-refractivity contribution in [1.82, 2.24) is 0 Å². The first-order valence-electron chi connectivity index (χ1n) is 5.68.